The van der Waals surface area contributed by atoms with Crippen molar-refractivity contribution in [1.82, 2.24) is 10.6 Å². The van der Waals surface area contributed by atoms with E-state index in [4.69, 9.17) is 4.74 Å². The lowest BCUT2D eigenvalue weighted by Crippen LogP contribution is -2.49. The molecule has 7 heteroatoms. The van der Waals surface area contributed by atoms with Gasteiger partial charge in [-0.2, -0.15) is 0 Å². The van der Waals surface area contributed by atoms with E-state index >= 15 is 0 Å². The van der Waals surface area contributed by atoms with Crippen molar-refractivity contribution in [3.8, 4) is 11.1 Å². The van der Waals surface area contributed by atoms with Crippen LogP contribution in [-0.4, -0.2) is 42.3 Å². The van der Waals surface area contributed by atoms with Crippen LogP contribution in [0.5, 0.6) is 0 Å². The molecule has 4 rings (SSSR count). The van der Waals surface area contributed by atoms with Crippen LogP contribution >= 0.6 is 0 Å². The average Bonchev–Trinajstić information content (AvgIpc) is 3.12. The third-order valence-corrected chi connectivity index (χ3v) is 7.06. The number of carbonyl (C=O) groups excluding carboxylic acids is 2. The molecular weight excluding hydrogens is 432 g/mol. The molecule has 2 aromatic carbocycles. The molecule has 34 heavy (non-hydrogen) atoms. The molecule has 7 nitrogen and oxygen atoms in total. The minimum absolute atomic E-state index is 0.0331. The SMILES string of the molecule is CCC[C@H](NC(=O)C(CNC(=O)OCC1c2ccccc2-c2ccccc21)C1CCC1)C(=O)O. The van der Waals surface area contributed by atoms with Crippen molar-refractivity contribution >= 4 is 18.0 Å². The first-order valence-electron chi connectivity index (χ1n) is 12.1. The highest BCUT2D eigenvalue weighted by atomic mass is 16.5. The Bertz CT molecular complexity index is 1000. The van der Waals surface area contributed by atoms with Gasteiger partial charge in [0.05, 0.1) is 5.92 Å². The summed E-state index contributed by atoms with van der Waals surface area (Å²) in [6.07, 6.45) is 3.30. The summed E-state index contributed by atoms with van der Waals surface area (Å²) in [5, 5.41) is 14.8. The van der Waals surface area contributed by atoms with Crippen molar-refractivity contribution in [2.24, 2.45) is 11.8 Å². The number of benzene rings is 2. The van der Waals surface area contributed by atoms with Gasteiger partial charge in [-0.3, -0.25) is 4.79 Å². The number of fused-ring (bicyclic) bond motifs is 3. The van der Waals surface area contributed by atoms with Crippen LogP contribution in [0.15, 0.2) is 48.5 Å². The minimum Gasteiger partial charge on any atom is -0.480 e. The van der Waals surface area contributed by atoms with Crippen molar-refractivity contribution in [1.29, 1.82) is 0 Å². The minimum atomic E-state index is -1.04. The molecule has 2 amide bonds. The highest BCUT2D eigenvalue weighted by Gasteiger charge is 2.35. The maximum Gasteiger partial charge on any atom is 0.407 e. The van der Waals surface area contributed by atoms with E-state index in [9.17, 15) is 19.5 Å². The van der Waals surface area contributed by atoms with Gasteiger partial charge in [-0.05, 0) is 47.4 Å². The van der Waals surface area contributed by atoms with Gasteiger partial charge in [0.1, 0.15) is 12.6 Å². The van der Waals surface area contributed by atoms with Gasteiger partial charge in [0.25, 0.3) is 0 Å². The molecule has 0 bridgehead atoms. The number of alkyl carbamates (subject to hydrolysis) is 1. The topological polar surface area (TPSA) is 105 Å². The van der Waals surface area contributed by atoms with Crippen molar-refractivity contribution < 1.29 is 24.2 Å². The Morgan fingerprint density at radius 2 is 1.65 bits per heavy atom. The molecular formula is C27H32N2O5. The fourth-order valence-corrected chi connectivity index (χ4v) is 4.98. The molecule has 2 aromatic rings. The second kappa shape index (κ2) is 10.7. The van der Waals surface area contributed by atoms with Gasteiger partial charge in [-0.1, -0.05) is 68.3 Å². The van der Waals surface area contributed by atoms with Gasteiger partial charge in [-0.25, -0.2) is 9.59 Å². The van der Waals surface area contributed by atoms with Gasteiger partial charge < -0.3 is 20.5 Å². The second-order valence-electron chi connectivity index (χ2n) is 9.19. The Labute approximate surface area is 199 Å². The van der Waals surface area contributed by atoms with E-state index in [1.54, 1.807) is 0 Å². The molecule has 0 saturated heterocycles. The van der Waals surface area contributed by atoms with Crippen LogP contribution in [0.4, 0.5) is 4.79 Å². The normalized spacial score (nSPS) is 16.5. The van der Waals surface area contributed by atoms with Crippen LogP contribution < -0.4 is 10.6 Å². The standard InChI is InChI=1S/C27H32N2O5/c1-2-8-24(26(31)32)29-25(30)22(17-9-7-10-17)15-28-27(33)34-16-23-20-13-5-3-11-18(20)19-12-4-6-14-21(19)23/h3-6,11-14,17,22-24H,2,7-10,15-16H2,1H3,(H,28,33)(H,29,30)(H,31,32)/t22?,24-/m0/s1. The largest absolute Gasteiger partial charge is 0.480 e. The monoisotopic (exact) mass is 464 g/mol. The smallest absolute Gasteiger partial charge is 0.407 e. The molecule has 2 aliphatic carbocycles. The number of hydrogen-bond acceptors (Lipinski definition) is 4. The number of carboxylic acid groups (broad SMARTS) is 1. The molecule has 180 valence electrons. The van der Waals surface area contributed by atoms with Gasteiger partial charge in [0, 0.05) is 12.5 Å². The summed E-state index contributed by atoms with van der Waals surface area (Å²) >= 11 is 0. The van der Waals surface area contributed by atoms with Gasteiger partial charge in [0.2, 0.25) is 5.91 Å². The summed E-state index contributed by atoms with van der Waals surface area (Å²) in [7, 11) is 0. The van der Waals surface area contributed by atoms with E-state index in [0.29, 0.717) is 12.8 Å². The van der Waals surface area contributed by atoms with E-state index in [-0.39, 0.29) is 30.9 Å². The second-order valence-corrected chi connectivity index (χ2v) is 9.19. The molecule has 2 aliphatic rings. The van der Waals surface area contributed by atoms with E-state index in [1.165, 1.54) is 0 Å². The number of ether oxygens (including phenoxy) is 1. The Kier molecular flexibility index (Phi) is 7.50. The number of rotatable bonds is 10. The Morgan fingerprint density at radius 3 is 2.18 bits per heavy atom. The van der Waals surface area contributed by atoms with E-state index in [2.05, 4.69) is 34.9 Å². The first kappa shape index (κ1) is 23.8. The maximum absolute atomic E-state index is 12.9. The molecule has 0 spiro atoms. The molecule has 0 aromatic heterocycles. The van der Waals surface area contributed by atoms with E-state index in [0.717, 1.165) is 41.5 Å². The maximum atomic E-state index is 12.9. The number of aliphatic carboxylic acids is 1. The molecule has 1 fully saturated rings. The predicted molar refractivity (Wildman–Crippen MR) is 128 cm³/mol. The zero-order valence-electron chi connectivity index (χ0n) is 19.5. The number of amides is 2. The average molecular weight is 465 g/mol. The van der Waals surface area contributed by atoms with Crippen LogP contribution in [0.3, 0.4) is 0 Å². The number of carboxylic acids is 1. The van der Waals surface area contributed by atoms with Crippen molar-refractivity contribution in [2.75, 3.05) is 13.2 Å². The summed E-state index contributed by atoms with van der Waals surface area (Å²) < 4.78 is 5.58. The van der Waals surface area contributed by atoms with Gasteiger partial charge in [-0.15, -0.1) is 0 Å². The molecule has 0 aliphatic heterocycles. The Balaban J connectivity index is 1.35. The lowest BCUT2D eigenvalue weighted by atomic mass is 9.75. The first-order valence-corrected chi connectivity index (χ1v) is 12.1. The van der Waals surface area contributed by atoms with Crippen molar-refractivity contribution in [3.63, 3.8) is 0 Å². The summed E-state index contributed by atoms with van der Waals surface area (Å²) in [5.41, 5.74) is 4.60. The molecule has 2 atom stereocenters. The highest BCUT2D eigenvalue weighted by molar-refractivity contribution is 5.85. The quantitative estimate of drug-likeness (QED) is 0.486. The zero-order valence-corrected chi connectivity index (χ0v) is 19.5. The van der Waals surface area contributed by atoms with Crippen LogP contribution in [0.2, 0.25) is 0 Å². The van der Waals surface area contributed by atoms with Gasteiger partial charge in [0.15, 0.2) is 0 Å². The number of carbonyl (C=O) groups is 3. The third-order valence-electron chi connectivity index (χ3n) is 7.06. The summed E-state index contributed by atoms with van der Waals surface area (Å²) in [6, 6.07) is 15.4. The van der Waals surface area contributed by atoms with Gasteiger partial charge >= 0.3 is 12.1 Å². The summed E-state index contributed by atoms with van der Waals surface area (Å²) in [4.78, 5) is 36.9. The fourth-order valence-electron chi connectivity index (χ4n) is 4.98. The van der Waals surface area contributed by atoms with Crippen LogP contribution in [0.1, 0.15) is 56.1 Å². The number of hydrogen-bond donors (Lipinski definition) is 3. The highest BCUT2D eigenvalue weighted by Crippen LogP contribution is 2.44. The van der Waals surface area contributed by atoms with Crippen LogP contribution in [0.25, 0.3) is 11.1 Å². The van der Waals surface area contributed by atoms with Crippen molar-refractivity contribution in [2.45, 2.75) is 51.0 Å². The van der Waals surface area contributed by atoms with Crippen LogP contribution in [-0.2, 0) is 14.3 Å². The molecule has 1 unspecified atom stereocenters. The predicted octanol–water partition coefficient (Wildman–Crippen LogP) is 4.31. The first-order chi connectivity index (χ1) is 16.5. The fraction of sp³-hybridized carbons (Fsp3) is 0.444. The number of nitrogens with one attached hydrogen (secondary N) is 2. The Morgan fingerprint density at radius 1 is 1.03 bits per heavy atom. The van der Waals surface area contributed by atoms with Crippen LogP contribution in [0, 0.1) is 11.8 Å². The summed E-state index contributed by atoms with van der Waals surface area (Å²) in [6.45, 7) is 2.22. The zero-order chi connectivity index (χ0) is 24.1. The van der Waals surface area contributed by atoms with E-state index in [1.807, 2.05) is 31.2 Å². The van der Waals surface area contributed by atoms with Crippen molar-refractivity contribution in [3.05, 3.63) is 59.7 Å². The third kappa shape index (κ3) is 5.08. The lowest BCUT2D eigenvalue weighted by molar-refractivity contribution is -0.143. The lowest BCUT2D eigenvalue weighted by Gasteiger charge is -2.33. The molecule has 0 heterocycles. The van der Waals surface area contributed by atoms with E-state index < -0.39 is 24.0 Å². The Hall–Kier alpha value is -3.35. The summed E-state index contributed by atoms with van der Waals surface area (Å²) in [5.74, 6) is -1.70. The molecule has 0 radical (unpaired) electrons. The molecule has 1 saturated carbocycles. The molecule has 3 N–H and O–H groups in total.